The van der Waals surface area contributed by atoms with Crippen molar-refractivity contribution in [2.24, 2.45) is 0 Å². The molecule has 0 N–H and O–H groups in total. The Morgan fingerprint density at radius 2 is 1.57 bits per heavy atom. The average molecular weight is 288 g/mol. The van der Waals surface area contributed by atoms with Crippen LogP contribution in [0.15, 0.2) is 53.3 Å². The molecule has 8 nitrogen and oxygen atoms in total. The van der Waals surface area contributed by atoms with Gasteiger partial charge in [0.1, 0.15) is 0 Å². The third kappa shape index (κ3) is 3.18. The molecule has 8 heteroatoms. The van der Waals surface area contributed by atoms with Crippen LogP contribution in [0.5, 0.6) is 11.5 Å². The van der Waals surface area contributed by atoms with Gasteiger partial charge in [0.2, 0.25) is 11.2 Å². The van der Waals surface area contributed by atoms with Crippen LogP contribution in [-0.4, -0.2) is 9.85 Å². The molecule has 0 aliphatic rings. The summed E-state index contributed by atoms with van der Waals surface area (Å²) in [7, 11) is 0. The van der Waals surface area contributed by atoms with E-state index >= 15 is 0 Å². The highest BCUT2D eigenvalue weighted by atomic mass is 16.6. The molecule has 0 atom stereocenters. The summed E-state index contributed by atoms with van der Waals surface area (Å²) in [6, 6.07) is 10.2. The molecule has 0 aliphatic carbocycles. The summed E-state index contributed by atoms with van der Waals surface area (Å²) >= 11 is 0. The van der Waals surface area contributed by atoms with E-state index < -0.39 is 26.7 Å². The van der Waals surface area contributed by atoms with Crippen LogP contribution < -0.4 is 10.2 Å². The van der Waals surface area contributed by atoms with Crippen molar-refractivity contribution in [3.05, 3.63) is 79.0 Å². The minimum absolute atomic E-state index is 0.114. The zero-order valence-corrected chi connectivity index (χ0v) is 10.5. The Kier molecular flexibility index (Phi) is 3.89. The molecule has 106 valence electrons. The number of benzene rings is 1. The van der Waals surface area contributed by atoms with E-state index in [-0.39, 0.29) is 11.5 Å². The van der Waals surface area contributed by atoms with Crippen molar-refractivity contribution in [3.8, 4) is 11.5 Å². The molecule has 0 radical (unpaired) electrons. The highest BCUT2D eigenvalue weighted by molar-refractivity contribution is 5.54. The average Bonchev–Trinajstić information content (AvgIpc) is 2.64. The minimum atomic E-state index is -0.810. The SMILES string of the molecule is O=c1cccccc1Oc1ccc([N+](=O)[O-])cc1[N+](=O)[O-]. The first-order chi connectivity index (χ1) is 9.99. The number of ether oxygens (including phenoxy) is 1. The van der Waals surface area contributed by atoms with Gasteiger partial charge in [0.25, 0.3) is 5.69 Å². The standard InChI is InChI=1S/C13H8N2O6/c16-11-4-2-1-3-5-13(11)21-12-7-6-9(14(17)18)8-10(12)15(19)20/h1-8H. The summed E-state index contributed by atoms with van der Waals surface area (Å²) in [6.07, 6.45) is 0. The predicted octanol–water partition coefficient (Wildman–Crippen LogP) is 2.66. The first-order valence-corrected chi connectivity index (χ1v) is 5.69. The molecule has 0 bridgehead atoms. The second kappa shape index (κ2) is 5.78. The maximum absolute atomic E-state index is 11.7. The Morgan fingerprint density at radius 1 is 0.857 bits per heavy atom. The first kappa shape index (κ1) is 14.1. The van der Waals surface area contributed by atoms with Gasteiger partial charge in [0.15, 0.2) is 5.75 Å². The second-order valence-electron chi connectivity index (χ2n) is 3.91. The lowest BCUT2D eigenvalue weighted by atomic mass is 10.2. The van der Waals surface area contributed by atoms with Crippen LogP contribution in [0.1, 0.15) is 0 Å². The van der Waals surface area contributed by atoms with E-state index in [4.69, 9.17) is 4.74 Å². The fourth-order valence-electron chi connectivity index (χ4n) is 1.57. The number of hydrogen-bond acceptors (Lipinski definition) is 6. The van der Waals surface area contributed by atoms with Gasteiger partial charge < -0.3 is 4.74 Å². The number of nitro benzene ring substituents is 2. The Bertz CT molecular complexity index is 775. The molecule has 0 unspecified atom stereocenters. The molecular formula is C13H8N2O6. The lowest BCUT2D eigenvalue weighted by molar-refractivity contribution is -0.394. The van der Waals surface area contributed by atoms with Gasteiger partial charge >= 0.3 is 5.69 Å². The smallest absolute Gasteiger partial charge is 0.318 e. The second-order valence-corrected chi connectivity index (χ2v) is 3.91. The van der Waals surface area contributed by atoms with E-state index in [1.807, 2.05) is 0 Å². The number of non-ortho nitro benzene ring substituents is 1. The third-order valence-electron chi connectivity index (χ3n) is 2.53. The van der Waals surface area contributed by atoms with Crippen molar-refractivity contribution in [2.75, 3.05) is 0 Å². The third-order valence-corrected chi connectivity index (χ3v) is 2.53. The molecule has 0 spiro atoms. The molecule has 0 aliphatic heterocycles. The normalized spacial score (nSPS) is 9.90. The van der Waals surface area contributed by atoms with Gasteiger partial charge in [-0.1, -0.05) is 18.2 Å². The molecule has 0 aromatic heterocycles. The summed E-state index contributed by atoms with van der Waals surface area (Å²) in [5, 5.41) is 21.6. The van der Waals surface area contributed by atoms with Crippen LogP contribution in [0, 0.1) is 20.2 Å². The van der Waals surface area contributed by atoms with Crippen molar-refractivity contribution >= 4 is 11.4 Å². The fourth-order valence-corrected chi connectivity index (χ4v) is 1.57. The van der Waals surface area contributed by atoms with Crippen LogP contribution in [0.3, 0.4) is 0 Å². The Hall–Kier alpha value is -3.29. The molecule has 2 aromatic carbocycles. The van der Waals surface area contributed by atoms with Crippen molar-refractivity contribution in [3.63, 3.8) is 0 Å². The Labute approximate surface area is 117 Å². The summed E-state index contributed by atoms with van der Waals surface area (Å²) < 4.78 is 5.22. The summed E-state index contributed by atoms with van der Waals surface area (Å²) in [4.78, 5) is 31.7. The van der Waals surface area contributed by atoms with Gasteiger partial charge in [-0.3, -0.25) is 25.0 Å². The number of hydrogen-bond donors (Lipinski definition) is 0. The van der Waals surface area contributed by atoms with E-state index in [0.717, 1.165) is 18.2 Å². The summed E-state index contributed by atoms with van der Waals surface area (Å²) in [5.41, 5.74) is -1.49. The van der Waals surface area contributed by atoms with E-state index in [0.29, 0.717) is 0 Å². The van der Waals surface area contributed by atoms with Crippen molar-refractivity contribution in [2.45, 2.75) is 0 Å². The number of rotatable bonds is 4. The first-order valence-electron chi connectivity index (χ1n) is 5.69. The van der Waals surface area contributed by atoms with Crippen LogP contribution in [0.2, 0.25) is 0 Å². The van der Waals surface area contributed by atoms with Gasteiger partial charge in [0.05, 0.1) is 15.9 Å². The minimum Gasteiger partial charge on any atom is -0.446 e. The zero-order valence-electron chi connectivity index (χ0n) is 10.5. The number of nitrogens with zero attached hydrogens (tertiary/aromatic N) is 2. The topological polar surface area (TPSA) is 113 Å². The molecule has 2 aromatic rings. The molecular weight excluding hydrogens is 280 g/mol. The molecule has 0 fully saturated rings. The molecule has 2 rings (SSSR count). The lowest BCUT2D eigenvalue weighted by Gasteiger charge is -2.04. The number of nitro groups is 2. The van der Waals surface area contributed by atoms with E-state index in [9.17, 15) is 25.0 Å². The quantitative estimate of drug-likeness (QED) is 0.631. The summed E-state index contributed by atoms with van der Waals surface area (Å²) in [6.45, 7) is 0. The van der Waals surface area contributed by atoms with Crippen LogP contribution in [0.4, 0.5) is 11.4 Å². The Morgan fingerprint density at radius 3 is 2.24 bits per heavy atom. The van der Waals surface area contributed by atoms with Crippen LogP contribution >= 0.6 is 0 Å². The van der Waals surface area contributed by atoms with Gasteiger partial charge in [-0.15, -0.1) is 0 Å². The van der Waals surface area contributed by atoms with Gasteiger partial charge in [-0.2, -0.15) is 0 Å². The lowest BCUT2D eigenvalue weighted by Crippen LogP contribution is -2.02. The molecule has 0 saturated carbocycles. The van der Waals surface area contributed by atoms with Gasteiger partial charge in [-0.25, -0.2) is 0 Å². The van der Waals surface area contributed by atoms with E-state index in [1.165, 1.54) is 24.3 Å². The fraction of sp³-hybridized carbons (Fsp3) is 0. The molecule has 0 heterocycles. The molecule has 0 saturated heterocycles. The maximum atomic E-state index is 11.7. The van der Waals surface area contributed by atoms with Crippen molar-refractivity contribution < 1.29 is 14.6 Å². The Balaban J connectivity index is 2.50. The molecule has 21 heavy (non-hydrogen) atoms. The van der Waals surface area contributed by atoms with Crippen LogP contribution in [0.25, 0.3) is 0 Å². The van der Waals surface area contributed by atoms with E-state index in [2.05, 4.69) is 0 Å². The highest BCUT2D eigenvalue weighted by Gasteiger charge is 2.21. The molecule has 0 amide bonds. The van der Waals surface area contributed by atoms with Crippen molar-refractivity contribution in [1.29, 1.82) is 0 Å². The van der Waals surface area contributed by atoms with Gasteiger partial charge in [-0.05, 0) is 18.2 Å². The van der Waals surface area contributed by atoms with E-state index in [1.54, 1.807) is 6.07 Å². The maximum Gasteiger partial charge on any atom is 0.318 e. The largest absolute Gasteiger partial charge is 0.446 e. The zero-order chi connectivity index (χ0) is 15.4. The van der Waals surface area contributed by atoms with Crippen molar-refractivity contribution in [1.82, 2.24) is 0 Å². The van der Waals surface area contributed by atoms with Crippen LogP contribution in [-0.2, 0) is 0 Å². The predicted molar refractivity (Wildman–Crippen MR) is 72.5 cm³/mol. The highest BCUT2D eigenvalue weighted by Crippen LogP contribution is 2.33. The summed E-state index contributed by atoms with van der Waals surface area (Å²) in [5.74, 6) is -0.356. The van der Waals surface area contributed by atoms with Gasteiger partial charge in [0, 0.05) is 6.07 Å². The monoisotopic (exact) mass is 288 g/mol.